The van der Waals surface area contributed by atoms with E-state index in [9.17, 15) is 29.4 Å². The molecule has 0 aliphatic heterocycles. The Hall–Kier alpha value is -0.890. The van der Waals surface area contributed by atoms with E-state index >= 15 is 0 Å². The first kappa shape index (κ1) is 29.9. The Labute approximate surface area is 172 Å². The first-order chi connectivity index (χ1) is 11.5. The molecule has 0 saturated heterocycles. The zero-order valence-electron chi connectivity index (χ0n) is 17.0. The quantitative estimate of drug-likeness (QED) is 0.489. The second kappa shape index (κ2) is 15.2. The molecule has 0 heterocycles. The van der Waals surface area contributed by atoms with Crippen LogP contribution in [0.15, 0.2) is 0 Å². The van der Waals surface area contributed by atoms with Crippen LogP contribution in [0.3, 0.4) is 0 Å². The van der Waals surface area contributed by atoms with Crippen LogP contribution >= 0.6 is 0 Å². The van der Waals surface area contributed by atoms with E-state index in [-0.39, 0.29) is 22.4 Å². The molecule has 7 nitrogen and oxygen atoms in total. The van der Waals surface area contributed by atoms with Crippen LogP contribution in [0.4, 0.5) is 0 Å². The number of carbonyl (C=O) groups excluding carboxylic acids is 4. The molecule has 0 radical (unpaired) electrons. The van der Waals surface area contributed by atoms with Crippen molar-refractivity contribution >= 4 is 48.3 Å². The fraction of sp³-hybridized carbons (Fsp3) is 0.778. The van der Waals surface area contributed by atoms with Gasteiger partial charge in [0.1, 0.15) is 11.6 Å². The summed E-state index contributed by atoms with van der Waals surface area (Å²) in [6.45, 7) is 14.2. The average molecular weight is 474 g/mol. The molecule has 0 unspecified atom stereocenters. The van der Waals surface area contributed by atoms with Crippen molar-refractivity contribution in [3.63, 3.8) is 0 Å². The fourth-order valence-electron chi connectivity index (χ4n) is 1.63. The maximum atomic E-state index is 10.8. The SMILES string of the molecule is CC(C)(C)CC(=O)CC(=O)[O-].CC(C)(C)CC(=O)CC(=O)[O-].CC[O][In+2]. The summed E-state index contributed by atoms with van der Waals surface area (Å²) in [5.74, 6) is -3.12. The standard InChI is InChI=1S/2C8H14O3.C2H5O.In/c2*1-8(2,3)5-6(9)4-7(10)11;1-2-3;/h2*4-5H2,1-3H3,(H,10,11);2H2,1H3;/q;;-1;+3/p-2. The first-order valence-electron chi connectivity index (χ1n) is 8.28. The normalized spacial score (nSPS) is 10.7. The Morgan fingerprint density at radius 3 is 1.12 bits per heavy atom. The van der Waals surface area contributed by atoms with Crippen LogP contribution < -0.4 is 10.2 Å². The second-order valence-corrected chi connectivity index (χ2v) is 9.06. The van der Waals surface area contributed by atoms with E-state index in [0.717, 1.165) is 31.4 Å². The summed E-state index contributed by atoms with van der Waals surface area (Å²) in [6.07, 6.45) is -0.337. The van der Waals surface area contributed by atoms with Gasteiger partial charge < -0.3 is 19.8 Å². The van der Waals surface area contributed by atoms with E-state index < -0.39 is 24.8 Å². The van der Waals surface area contributed by atoms with E-state index in [1.807, 2.05) is 48.5 Å². The summed E-state index contributed by atoms with van der Waals surface area (Å²) < 4.78 is 4.67. The number of Topliss-reactive ketones (excluding diaryl/α,β-unsaturated/α-hetero) is 2. The van der Waals surface area contributed by atoms with Crippen molar-refractivity contribution in [3.05, 3.63) is 0 Å². The minimum absolute atomic E-state index is 0.132. The van der Waals surface area contributed by atoms with Crippen LogP contribution in [-0.4, -0.2) is 54.9 Å². The number of carboxylic acid groups (broad SMARTS) is 2. The predicted molar refractivity (Wildman–Crippen MR) is 94.8 cm³/mol. The van der Waals surface area contributed by atoms with Crippen molar-refractivity contribution in [1.29, 1.82) is 0 Å². The van der Waals surface area contributed by atoms with E-state index in [1.165, 1.54) is 0 Å². The summed E-state index contributed by atoms with van der Waals surface area (Å²) >= 11 is 0.940. The summed E-state index contributed by atoms with van der Waals surface area (Å²) in [5.41, 5.74) is -0.265. The summed E-state index contributed by atoms with van der Waals surface area (Å²) in [5, 5.41) is 19.9. The van der Waals surface area contributed by atoms with Crippen LogP contribution in [0.25, 0.3) is 0 Å². The third kappa shape index (κ3) is 34.4. The van der Waals surface area contributed by atoms with Gasteiger partial charge in [0.25, 0.3) is 0 Å². The monoisotopic (exact) mass is 474 g/mol. The van der Waals surface area contributed by atoms with Crippen molar-refractivity contribution in [1.82, 2.24) is 0 Å². The molecule has 0 aromatic carbocycles. The topological polar surface area (TPSA) is 124 Å². The van der Waals surface area contributed by atoms with Crippen molar-refractivity contribution < 1.29 is 32.2 Å². The van der Waals surface area contributed by atoms with Gasteiger partial charge in [-0.25, -0.2) is 0 Å². The van der Waals surface area contributed by atoms with Gasteiger partial charge in [-0.1, -0.05) is 41.5 Å². The zero-order chi connectivity index (χ0) is 21.6. The molecular weight excluding hydrogens is 443 g/mol. The van der Waals surface area contributed by atoms with E-state index in [1.54, 1.807) is 0 Å². The molecule has 0 saturated carbocycles. The summed E-state index contributed by atoms with van der Waals surface area (Å²) in [6, 6.07) is 0. The molecule has 0 N–H and O–H groups in total. The summed E-state index contributed by atoms with van der Waals surface area (Å²) in [4.78, 5) is 41.6. The predicted octanol–water partition coefficient (Wildman–Crippen LogP) is 0.370. The number of rotatable bonds is 7. The van der Waals surface area contributed by atoms with Crippen LogP contribution in [0.2, 0.25) is 0 Å². The number of carbonyl (C=O) groups is 4. The number of hydrogen-bond donors (Lipinski definition) is 0. The summed E-state index contributed by atoms with van der Waals surface area (Å²) in [7, 11) is 0. The zero-order valence-corrected chi connectivity index (χ0v) is 20.3. The van der Waals surface area contributed by atoms with Crippen LogP contribution in [0, 0.1) is 10.8 Å². The van der Waals surface area contributed by atoms with Crippen LogP contribution in [-0.2, 0) is 22.0 Å². The van der Waals surface area contributed by atoms with Crippen LogP contribution in [0.5, 0.6) is 0 Å². The van der Waals surface area contributed by atoms with Gasteiger partial charge in [0, 0.05) is 37.6 Å². The molecule has 148 valence electrons. The van der Waals surface area contributed by atoms with Gasteiger partial charge in [0.05, 0.1) is 0 Å². The number of carboxylic acids is 2. The molecule has 8 heteroatoms. The van der Waals surface area contributed by atoms with Gasteiger partial charge in [-0.05, 0) is 10.8 Å². The molecule has 0 atom stereocenters. The van der Waals surface area contributed by atoms with Gasteiger partial charge in [0.2, 0.25) is 0 Å². The van der Waals surface area contributed by atoms with Crippen molar-refractivity contribution in [2.24, 2.45) is 10.8 Å². The van der Waals surface area contributed by atoms with Crippen molar-refractivity contribution in [3.8, 4) is 0 Å². The van der Waals surface area contributed by atoms with E-state index in [2.05, 4.69) is 2.85 Å². The molecule has 0 fully saturated rings. The molecule has 0 spiro atoms. The second-order valence-electron chi connectivity index (χ2n) is 8.11. The molecule has 0 aliphatic rings. The Balaban J connectivity index is -0.000000338. The van der Waals surface area contributed by atoms with Crippen molar-refractivity contribution in [2.75, 3.05) is 6.61 Å². The van der Waals surface area contributed by atoms with Crippen molar-refractivity contribution in [2.45, 2.75) is 74.1 Å². The third-order valence-corrected chi connectivity index (χ3v) is 3.26. The van der Waals surface area contributed by atoms with Gasteiger partial charge in [-0.3, -0.25) is 9.59 Å². The van der Waals surface area contributed by atoms with Gasteiger partial charge in [-0.15, -0.1) is 0 Å². The molecule has 0 aromatic heterocycles. The van der Waals surface area contributed by atoms with Gasteiger partial charge in [-0.2, -0.15) is 0 Å². The molecule has 26 heavy (non-hydrogen) atoms. The molecule has 0 aromatic rings. The average Bonchev–Trinajstić information content (AvgIpc) is 2.32. The van der Waals surface area contributed by atoms with E-state index in [0.29, 0.717) is 12.8 Å². The number of aliphatic carboxylic acids is 2. The molecule has 0 amide bonds. The first-order valence-corrected chi connectivity index (χ1v) is 9.63. The van der Waals surface area contributed by atoms with E-state index in [4.69, 9.17) is 0 Å². The Morgan fingerprint density at radius 2 is 1.00 bits per heavy atom. The third-order valence-electron chi connectivity index (χ3n) is 2.30. The maximum absolute atomic E-state index is 10.8. The Bertz CT molecular complexity index is 403. The molecule has 0 rings (SSSR count). The minimum atomic E-state index is -1.29. The Morgan fingerprint density at radius 1 is 0.769 bits per heavy atom. The number of ketones is 2. The molecule has 0 bridgehead atoms. The van der Waals surface area contributed by atoms with Crippen LogP contribution in [0.1, 0.15) is 74.1 Å². The van der Waals surface area contributed by atoms with Gasteiger partial charge in [0.15, 0.2) is 0 Å². The van der Waals surface area contributed by atoms with Gasteiger partial charge >= 0.3 is 41.2 Å². The Kier molecular flexibility index (Phi) is 17.5. The fourth-order valence-corrected chi connectivity index (χ4v) is 1.63. The molecule has 0 aliphatic carbocycles. The molecular formula is C18H31InO7. The number of hydrogen-bond acceptors (Lipinski definition) is 7.